The lowest BCUT2D eigenvalue weighted by Gasteiger charge is -2.50. The van der Waals surface area contributed by atoms with Gasteiger partial charge in [0.2, 0.25) is 0 Å². The molecule has 2 fully saturated rings. The first kappa shape index (κ1) is 21.6. The van der Waals surface area contributed by atoms with Crippen LogP contribution in [0, 0.1) is 5.82 Å². The molecule has 3 aliphatic heterocycles. The Balaban J connectivity index is 1.25. The molecule has 6 nitrogen and oxygen atoms in total. The van der Waals surface area contributed by atoms with Crippen LogP contribution in [0.2, 0.25) is 0 Å². The van der Waals surface area contributed by atoms with E-state index in [1.54, 1.807) is 18.5 Å². The van der Waals surface area contributed by atoms with Crippen molar-refractivity contribution < 1.29 is 4.39 Å². The van der Waals surface area contributed by atoms with Crippen molar-refractivity contribution in [2.24, 2.45) is 0 Å². The van der Waals surface area contributed by atoms with Crippen molar-refractivity contribution in [3.05, 3.63) is 48.2 Å². The molecule has 1 spiro atoms. The highest BCUT2D eigenvalue weighted by Crippen LogP contribution is 2.47. The lowest BCUT2D eigenvalue weighted by atomic mass is 9.67. The van der Waals surface area contributed by atoms with Crippen molar-refractivity contribution in [3.63, 3.8) is 0 Å². The summed E-state index contributed by atoms with van der Waals surface area (Å²) in [6, 6.07) is 6.09. The Labute approximate surface area is 191 Å². The van der Waals surface area contributed by atoms with Gasteiger partial charge in [-0.15, -0.1) is 0 Å². The Morgan fingerprint density at radius 3 is 2.47 bits per heavy atom. The monoisotopic (exact) mass is 438 g/mol. The minimum atomic E-state index is -0.103. The zero-order chi connectivity index (χ0) is 22.1. The number of nitrogens with zero attached hydrogens (tertiary/aromatic N) is 6. The predicted molar refractivity (Wildman–Crippen MR) is 127 cm³/mol. The Morgan fingerprint density at radius 1 is 1.03 bits per heavy atom. The van der Waals surface area contributed by atoms with Crippen molar-refractivity contribution in [2.45, 2.75) is 43.6 Å². The number of anilines is 2. The molecule has 0 unspecified atom stereocenters. The molecule has 0 aliphatic carbocycles. The molecule has 3 aliphatic rings. The van der Waals surface area contributed by atoms with E-state index in [0.29, 0.717) is 6.04 Å². The lowest BCUT2D eigenvalue weighted by Crippen LogP contribution is -2.53. The van der Waals surface area contributed by atoms with Crippen LogP contribution in [-0.4, -0.2) is 79.3 Å². The average Bonchev–Trinajstić information content (AvgIpc) is 2.82. The summed E-state index contributed by atoms with van der Waals surface area (Å²) in [7, 11) is 4.20. The van der Waals surface area contributed by atoms with Gasteiger partial charge in [0.05, 0.1) is 12.9 Å². The first-order chi connectivity index (χ1) is 15.5. The van der Waals surface area contributed by atoms with Gasteiger partial charge in [-0.3, -0.25) is 9.88 Å². The van der Waals surface area contributed by atoms with Gasteiger partial charge in [-0.2, -0.15) is 0 Å². The SMILES string of the molecule is CN(C)CN1CCC2(CCN(C3CCN(c4cnccn4)CC3)CC2)c2cc(F)ccc21. The Kier molecular flexibility index (Phi) is 6.03. The molecular weight excluding hydrogens is 403 g/mol. The fraction of sp³-hybridized carbons (Fsp3) is 0.600. The molecule has 7 heteroatoms. The number of halogens is 1. The van der Waals surface area contributed by atoms with Gasteiger partial charge in [-0.05, 0) is 83.1 Å². The van der Waals surface area contributed by atoms with Gasteiger partial charge in [0.1, 0.15) is 11.6 Å². The van der Waals surface area contributed by atoms with Crippen molar-refractivity contribution in [2.75, 3.05) is 63.3 Å². The van der Waals surface area contributed by atoms with Gasteiger partial charge in [0, 0.05) is 49.2 Å². The number of piperidine rings is 2. The third-order valence-electron chi connectivity index (χ3n) is 7.79. The number of aromatic nitrogens is 2. The summed E-state index contributed by atoms with van der Waals surface area (Å²) in [6.45, 7) is 6.23. The van der Waals surface area contributed by atoms with Crippen LogP contribution >= 0.6 is 0 Å². The molecule has 4 heterocycles. The Morgan fingerprint density at radius 2 is 1.78 bits per heavy atom. The smallest absolute Gasteiger partial charge is 0.147 e. The summed E-state index contributed by atoms with van der Waals surface area (Å²) in [4.78, 5) is 18.3. The quantitative estimate of drug-likeness (QED) is 0.729. The van der Waals surface area contributed by atoms with E-state index in [2.05, 4.69) is 43.7 Å². The molecule has 1 aromatic heterocycles. The molecule has 5 rings (SSSR count). The molecule has 0 atom stereocenters. The van der Waals surface area contributed by atoms with Crippen LogP contribution in [0.5, 0.6) is 0 Å². The number of hydrogen-bond acceptors (Lipinski definition) is 6. The third-order valence-corrected chi connectivity index (χ3v) is 7.79. The summed E-state index contributed by atoms with van der Waals surface area (Å²) in [5.74, 6) is 0.889. The molecule has 0 bridgehead atoms. The van der Waals surface area contributed by atoms with Crippen LogP contribution in [0.4, 0.5) is 15.9 Å². The van der Waals surface area contributed by atoms with Gasteiger partial charge in [0.25, 0.3) is 0 Å². The fourth-order valence-corrected chi connectivity index (χ4v) is 6.05. The van der Waals surface area contributed by atoms with Crippen LogP contribution in [-0.2, 0) is 5.41 Å². The molecule has 0 amide bonds. The van der Waals surface area contributed by atoms with Gasteiger partial charge in [0.15, 0.2) is 0 Å². The van der Waals surface area contributed by atoms with E-state index in [1.807, 2.05) is 18.3 Å². The molecule has 32 heavy (non-hydrogen) atoms. The first-order valence-corrected chi connectivity index (χ1v) is 12.0. The molecule has 172 valence electrons. The molecule has 0 saturated carbocycles. The van der Waals surface area contributed by atoms with Gasteiger partial charge in [-0.25, -0.2) is 9.37 Å². The maximum absolute atomic E-state index is 14.3. The van der Waals surface area contributed by atoms with Gasteiger partial charge in [-0.1, -0.05) is 0 Å². The molecular formula is C25H35FN6. The van der Waals surface area contributed by atoms with Gasteiger partial charge >= 0.3 is 0 Å². The highest BCUT2D eigenvalue weighted by Gasteiger charge is 2.43. The molecule has 2 aromatic rings. The maximum atomic E-state index is 14.3. The van der Waals surface area contributed by atoms with Crippen LogP contribution in [0.1, 0.15) is 37.7 Å². The molecule has 0 radical (unpaired) electrons. The van der Waals surface area contributed by atoms with Crippen molar-refractivity contribution in [3.8, 4) is 0 Å². The minimum absolute atomic E-state index is 0.103. The maximum Gasteiger partial charge on any atom is 0.147 e. The van der Waals surface area contributed by atoms with Crippen molar-refractivity contribution in [1.29, 1.82) is 0 Å². The number of benzene rings is 1. The average molecular weight is 439 g/mol. The van der Waals surface area contributed by atoms with E-state index in [9.17, 15) is 4.39 Å². The van der Waals surface area contributed by atoms with Crippen molar-refractivity contribution >= 4 is 11.5 Å². The molecule has 0 N–H and O–H groups in total. The Bertz CT molecular complexity index is 904. The second-order valence-electron chi connectivity index (χ2n) is 9.99. The minimum Gasteiger partial charge on any atom is -0.358 e. The second kappa shape index (κ2) is 8.94. The third kappa shape index (κ3) is 4.20. The van der Waals surface area contributed by atoms with E-state index < -0.39 is 0 Å². The van der Waals surface area contributed by atoms with Crippen molar-refractivity contribution in [1.82, 2.24) is 19.8 Å². The summed E-state index contributed by atoms with van der Waals surface area (Å²) in [5.41, 5.74) is 2.59. The standard InChI is InChI=1S/C25H35FN6/c1-29(2)19-32-16-9-25(22-17-20(26)3-4-23(22)32)7-14-30(15-8-25)21-5-12-31(13-6-21)24-18-27-10-11-28-24/h3-4,10-11,17-18,21H,5-9,12-16,19H2,1-2H3. The van der Waals surface area contributed by atoms with E-state index in [-0.39, 0.29) is 11.2 Å². The number of likely N-dealkylation sites (tertiary alicyclic amines) is 1. The normalized spacial score (nSPS) is 21.9. The van der Waals surface area contributed by atoms with E-state index >= 15 is 0 Å². The largest absolute Gasteiger partial charge is 0.358 e. The summed E-state index contributed by atoms with van der Waals surface area (Å²) >= 11 is 0. The van der Waals surface area contributed by atoms with E-state index in [0.717, 1.165) is 64.5 Å². The van der Waals surface area contributed by atoms with Crippen LogP contribution < -0.4 is 9.80 Å². The highest BCUT2D eigenvalue weighted by atomic mass is 19.1. The fourth-order valence-electron chi connectivity index (χ4n) is 6.05. The molecule has 2 saturated heterocycles. The summed E-state index contributed by atoms with van der Waals surface area (Å²) in [6.07, 6.45) is 11.1. The zero-order valence-corrected chi connectivity index (χ0v) is 19.4. The first-order valence-electron chi connectivity index (χ1n) is 12.0. The lowest BCUT2D eigenvalue weighted by molar-refractivity contribution is 0.0941. The number of rotatable bonds is 4. The summed E-state index contributed by atoms with van der Waals surface area (Å²) < 4.78 is 14.3. The van der Waals surface area contributed by atoms with Crippen LogP contribution in [0.25, 0.3) is 0 Å². The Hall–Kier alpha value is -2.25. The highest BCUT2D eigenvalue weighted by molar-refractivity contribution is 5.59. The summed E-state index contributed by atoms with van der Waals surface area (Å²) in [5, 5.41) is 0. The van der Waals surface area contributed by atoms with E-state index in [4.69, 9.17) is 0 Å². The van der Waals surface area contributed by atoms with Crippen LogP contribution in [0.15, 0.2) is 36.8 Å². The second-order valence-corrected chi connectivity index (χ2v) is 9.99. The number of fused-ring (bicyclic) bond motifs is 2. The van der Waals surface area contributed by atoms with E-state index in [1.165, 1.54) is 24.1 Å². The van der Waals surface area contributed by atoms with Crippen LogP contribution in [0.3, 0.4) is 0 Å². The molecule has 1 aromatic carbocycles. The van der Waals surface area contributed by atoms with Gasteiger partial charge < -0.3 is 14.7 Å². The number of hydrogen-bond donors (Lipinski definition) is 0. The predicted octanol–water partition coefficient (Wildman–Crippen LogP) is 3.35. The zero-order valence-electron chi connectivity index (χ0n) is 19.4. The topological polar surface area (TPSA) is 38.7 Å².